The molecule has 1 rings (SSSR count). The van der Waals surface area contributed by atoms with Gasteiger partial charge < -0.3 is 9.84 Å². The molecule has 1 unspecified atom stereocenters. The van der Waals surface area contributed by atoms with Crippen molar-refractivity contribution in [3.05, 3.63) is 22.4 Å². The number of hydrogen-bond acceptors (Lipinski definition) is 3. The van der Waals surface area contributed by atoms with Gasteiger partial charge in [-0.15, -0.1) is 11.3 Å². The summed E-state index contributed by atoms with van der Waals surface area (Å²) in [5, 5.41) is 11.2. The zero-order chi connectivity index (χ0) is 11.5. The van der Waals surface area contributed by atoms with Gasteiger partial charge in [0.1, 0.15) is 0 Å². The first-order valence-electron chi connectivity index (χ1n) is 4.26. The van der Waals surface area contributed by atoms with E-state index in [4.69, 9.17) is 0 Å². The van der Waals surface area contributed by atoms with Gasteiger partial charge in [0.25, 0.3) is 0 Å². The van der Waals surface area contributed by atoms with Gasteiger partial charge in [-0.25, -0.2) is 0 Å². The Bertz CT molecular complexity index is 284. The van der Waals surface area contributed by atoms with Gasteiger partial charge in [0.05, 0.1) is 6.10 Å². The Morgan fingerprint density at radius 1 is 1.53 bits per heavy atom. The minimum Gasteiger partial charge on any atom is -0.387 e. The lowest BCUT2D eigenvalue weighted by Crippen LogP contribution is -2.32. The Balaban J connectivity index is 2.60. The molecule has 0 aliphatic rings. The zero-order valence-electron chi connectivity index (χ0n) is 7.99. The molecular formula is C9H11F3O2S. The van der Waals surface area contributed by atoms with E-state index in [1.165, 1.54) is 11.3 Å². The minimum absolute atomic E-state index is 0.472. The molecule has 0 saturated heterocycles. The van der Waals surface area contributed by atoms with Crippen LogP contribution in [0.2, 0.25) is 0 Å². The van der Waals surface area contributed by atoms with Crippen molar-refractivity contribution in [2.24, 2.45) is 0 Å². The Morgan fingerprint density at radius 2 is 2.20 bits per heavy atom. The van der Waals surface area contributed by atoms with Gasteiger partial charge in [0, 0.05) is 18.4 Å². The van der Waals surface area contributed by atoms with Gasteiger partial charge in [0.2, 0.25) is 0 Å². The molecule has 1 aromatic rings. The van der Waals surface area contributed by atoms with Crippen molar-refractivity contribution < 1.29 is 23.0 Å². The molecule has 6 heteroatoms. The van der Waals surface area contributed by atoms with Crippen LogP contribution >= 0.6 is 11.3 Å². The maximum Gasteiger partial charge on any atom is 0.414 e. The second-order valence-corrected chi connectivity index (χ2v) is 4.01. The van der Waals surface area contributed by atoms with Crippen LogP contribution in [0.3, 0.4) is 0 Å². The number of hydrogen-bond donors (Lipinski definition) is 1. The van der Waals surface area contributed by atoms with Crippen molar-refractivity contribution in [3.63, 3.8) is 0 Å². The van der Waals surface area contributed by atoms with E-state index in [1.807, 2.05) is 0 Å². The van der Waals surface area contributed by atoms with Crippen molar-refractivity contribution in [3.8, 4) is 0 Å². The fraction of sp³-hybridized carbons (Fsp3) is 0.556. The van der Waals surface area contributed by atoms with E-state index < -0.39 is 24.8 Å². The molecule has 0 aromatic carbocycles. The molecule has 0 saturated carbocycles. The summed E-state index contributed by atoms with van der Waals surface area (Å²) in [6, 6.07) is 3.27. The maximum absolute atomic E-state index is 12.3. The summed E-state index contributed by atoms with van der Waals surface area (Å²) >= 11 is 1.22. The van der Waals surface area contributed by atoms with Gasteiger partial charge in [-0.05, 0) is 11.4 Å². The maximum atomic E-state index is 12.3. The quantitative estimate of drug-likeness (QED) is 0.876. The van der Waals surface area contributed by atoms with Crippen molar-refractivity contribution >= 4 is 11.3 Å². The van der Waals surface area contributed by atoms with Crippen LogP contribution in [-0.2, 0) is 4.74 Å². The van der Waals surface area contributed by atoms with Crippen LogP contribution in [-0.4, -0.2) is 24.5 Å². The Labute approximate surface area is 89.3 Å². The molecular weight excluding hydrogens is 229 g/mol. The van der Waals surface area contributed by atoms with Gasteiger partial charge in [-0.3, -0.25) is 0 Å². The van der Waals surface area contributed by atoms with Crippen molar-refractivity contribution in [1.29, 1.82) is 0 Å². The molecule has 15 heavy (non-hydrogen) atoms. The predicted molar refractivity (Wildman–Crippen MR) is 50.7 cm³/mol. The molecule has 2 nitrogen and oxygen atoms in total. The number of ether oxygens (including phenoxy) is 1. The molecule has 0 aliphatic heterocycles. The highest BCUT2D eigenvalue weighted by atomic mass is 32.1. The first-order chi connectivity index (χ1) is 6.95. The van der Waals surface area contributed by atoms with E-state index in [-0.39, 0.29) is 0 Å². The van der Waals surface area contributed by atoms with Crippen LogP contribution in [0.15, 0.2) is 17.5 Å². The lowest BCUT2D eigenvalue weighted by Gasteiger charge is -2.20. The van der Waals surface area contributed by atoms with Crippen LogP contribution in [0.1, 0.15) is 17.4 Å². The second kappa shape index (κ2) is 4.96. The predicted octanol–water partition coefficient (Wildman–Crippen LogP) is 2.75. The molecule has 2 atom stereocenters. The van der Waals surface area contributed by atoms with Gasteiger partial charge in [-0.1, -0.05) is 6.07 Å². The van der Waals surface area contributed by atoms with Crippen LogP contribution < -0.4 is 0 Å². The number of alkyl halides is 3. The van der Waals surface area contributed by atoms with E-state index in [9.17, 15) is 18.3 Å². The third kappa shape index (κ3) is 3.48. The lowest BCUT2D eigenvalue weighted by molar-refractivity contribution is -0.220. The highest BCUT2D eigenvalue weighted by Gasteiger charge is 2.41. The van der Waals surface area contributed by atoms with Crippen LogP contribution in [0.5, 0.6) is 0 Å². The summed E-state index contributed by atoms with van der Waals surface area (Å²) in [6.07, 6.45) is -7.96. The molecule has 86 valence electrons. The third-order valence-corrected chi connectivity index (χ3v) is 2.93. The van der Waals surface area contributed by atoms with Crippen LogP contribution in [0.25, 0.3) is 0 Å². The highest BCUT2D eigenvalue weighted by Crippen LogP contribution is 2.31. The molecule has 0 amide bonds. The SMILES string of the molecule is CO[C@@H](CC(O)c1cccs1)C(F)(F)F. The normalized spacial score (nSPS) is 16.3. The number of halogens is 3. The zero-order valence-corrected chi connectivity index (χ0v) is 8.81. The number of aliphatic hydroxyl groups is 1. The smallest absolute Gasteiger partial charge is 0.387 e. The summed E-state index contributed by atoms with van der Waals surface area (Å²) in [4.78, 5) is 0.515. The van der Waals surface area contributed by atoms with E-state index in [0.717, 1.165) is 7.11 Å². The average Bonchev–Trinajstić information content (AvgIpc) is 2.64. The van der Waals surface area contributed by atoms with Gasteiger partial charge in [0.15, 0.2) is 6.10 Å². The van der Waals surface area contributed by atoms with E-state index in [0.29, 0.717) is 4.88 Å². The largest absolute Gasteiger partial charge is 0.414 e. The Kier molecular flexibility index (Phi) is 4.12. The fourth-order valence-corrected chi connectivity index (χ4v) is 1.89. The molecule has 0 radical (unpaired) electrons. The fourth-order valence-electron chi connectivity index (χ4n) is 1.16. The number of aliphatic hydroxyl groups excluding tert-OH is 1. The van der Waals surface area contributed by atoms with E-state index in [1.54, 1.807) is 17.5 Å². The number of thiophene rings is 1. The summed E-state index contributed by atoms with van der Waals surface area (Å²) in [7, 11) is 0.985. The molecule has 0 bridgehead atoms. The molecule has 0 aliphatic carbocycles. The summed E-state index contributed by atoms with van der Waals surface area (Å²) < 4.78 is 41.2. The monoisotopic (exact) mass is 240 g/mol. The Hall–Kier alpha value is -0.590. The number of methoxy groups -OCH3 is 1. The lowest BCUT2D eigenvalue weighted by atomic mass is 10.1. The number of rotatable bonds is 4. The van der Waals surface area contributed by atoms with Crippen molar-refractivity contribution in [2.45, 2.75) is 24.8 Å². The van der Waals surface area contributed by atoms with Gasteiger partial charge in [-0.2, -0.15) is 13.2 Å². The van der Waals surface area contributed by atoms with Gasteiger partial charge >= 0.3 is 6.18 Å². The molecule has 0 fully saturated rings. The first-order valence-corrected chi connectivity index (χ1v) is 5.14. The average molecular weight is 240 g/mol. The third-order valence-electron chi connectivity index (χ3n) is 1.96. The minimum atomic E-state index is -4.44. The summed E-state index contributed by atoms with van der Waals surface area (Å²) in [5.41, 5.74) is 0. The van der Waals surface area contributed by atoms with Crippen LogP contribution in [0.4, 0.5) is 13.2 Å². The summed E-state index contributed by atoms with van der Waals surface area (Å²) in [5.74, 6) is 0. The van der Waals surface area contributed by atoms with E-state index >= 15 is 0 Å². The standard InChI is InChI=1S/C9H11F3O2S/c1-14-8(9(10,11)12)5-6(13)7-3-2-4-15-7/h2-4,6,8,13H,5H2,1H3/t6?,8-/m0/s1. The van der Waals surface area contributed by atoms with Crippen molar-refractivity contribution in [2.75, 3.05) is 7.11 Å². The van der Waals surface area contributed by atoms with E-state index in [2.05, 4.69) is 4.74 Å². The molecule has 1 N–H and O–H groups in total. The molecule has 1 heterocycles. The summed E-state index contributed by atoms with van der Waals surface area (Å²) in [6.45, 7) is 0. The molecule has 1 aromatic heterocycles. The highest BCUT2D eigenvalue weighted by molar-refractivity contribution is 7.10. The first kappa shape index (κ1) is 12.5. The topological polar surface area (TPSA) is 29.5 Å². The van der Waals surface area contributed by atoms with Crippen LogP contribution in [0, 0.1) is 0 Å². The Morgan fingerprint density at radius 3 is 2.60 bits per heavy atom. The molecule has 0 spiro atoms. The second-order valence-electron chi connectivity index (χ2n) is 3.03. The van der Waals surface area contributed by atoms with Crippen molar-refractivity contribution in [1.82, 2.24) is 0 Å².